The van der Waals surface area contributed by atoms with Crippen molar-refractivity contribution in [1.29, 1.82) is 0 Å². The van der Waals surface area contributed by atoms with Crippen LogP contribution in [-0.2, 0) is 6.54 Å². The van der Waals surface area contributed by atoms with Gasteiger partial charge in [0.15, 0.2) is 0 Å². The van der Waals surface area contributed by atoms with Crippen molar-refractivity contribution in [3.8, 4) is 0 Å². The van der Waals surface area contributed by atoms with E-state index in [0.717, 1.165) is 45.7 Å². The Hall–Kier alpha value is -1.59. The Morgan fingerprint density at radius 3 is 2.43 bits per heavy atom. The lowest BCUT2D eigenvalue weighted by atomic mass is 9.95. The summed E-state index contributed by atoms with van der Waals surface area (Å²) in [4.78, 5) is 14.5. The Morgan fingerprint density at radius 2 is 1.68 bits per heavy atom. The standard InChI is InChI=1S/C23H38N4O/c28-23(25-15-7-14-24-22-10-5-2-6-11-22)26-18-20-12-16-27(17-13-20)19-21-8-3-1-4-9-21/h1,3-4,8-9,20,22,24H,2,5-7,10-19H2,(H2,25,26,28). The average molecular weight is 387 g/mol. The predicted molar refractivity (Wildman–Crippen MR) is 115 cm³/mol. The van der Waals surface area contributed by atoms with Gasteiger partial charge in [-0.3, -0.25) is 4.90 Å². The molecule has 1 saturated heterocycles. The van der Waals surface area contributed by atoms with Crippen LogP contribution >= 0.6 is 0 Å². The average Bonchev–Trinajstić information content (AvgIpc) is 2.74. The van der Waals surface area contributed by atoms with Gasteiger partial charge < -0.3 is 16.0 Å². The van der Waals surface area contributed by atoms with Gasteiger partial charge in [-0.25, -0.2) is 4.79 Å². The fourth-order valence-corrected chi connectivity index (χ4v) is 4.39. The summed E-state index contributed by atoms with van der Waals surface area (Å²) in [5.74, 6) is 0.603. The highest BCUT2D eigenvalue weighted by atomic mass is 16.2. The molecule has 5 nitrogen and oxygen atoms in total. The Balaban J connectivity index is 1.19. The van der Waals surface area contributed by atoms with E-state index in [1.54, 1.807) is 0 Å². The van der Waals surface area contributed by atoms with E-state index in [2.05, 4.69) is 51.2 Å². The minimum atomic E-state index is -0.00983. The molecule has 2 amide bonds. The number of urea groups is 1. The van der Waals surface area contributed by atoms with Crippen LogP contribution in [0, 0.1) is 5.92 Å². The first-order valence-electron chi connectivity index (χ1n) is 11.3. The summed E-state index contributed by atoms with van der Waals surface area (Å²) < 4.78 is 0. The molecule has 0 unspecified atom stereocenters. The molecule has 2 aliphatic rings. The van der Waals surface area contributed by atoms with Gasteiger partial charge in [-0.15, -0.1) is 0 Å². The predicted octanol–water partition coefficient (Wildman–Crippen LogP) is 3.51. The number of carbonyl (C=O) groups excluding carboxylic acids is 1. The van der Waals surface area contributed by atoms with E-state index in [0.29, 0.717) is 12.0 Å². The number of rotatable bonds is 9. The van der Waals surface area contributed by atoms with Crippen LogP contribution in [0.4, 0.5) is 4.79 Å². The molecule has 1 aliphatic carbocycles. The molecule has 2 fully saturated rings. The van der Waals surface area contributed by atoms with Crippen LogP contribution in [0.1, 0.15) is 56.9 Å². The van der Waals surface area contributed by atoms with Gasteiger partial charge in [0, 0.05) is 25.7 Å². The number of likely N-dealkylation sites (tertiary alicyclic amines) is 1. The van der Waals surface area contributed by atoms with E-state index in [9.17, 15) is 4.79 Å². The molecule has 0 radical (unpaired) electrons. The molecule has 1 aromatic rings. The molecule has 1 heterocycles. The lowest BCUT2D eigenvalue weighted by molar-refractivity contribution is 0.175. The van der Waals surface area contributed by atoms with E-state index in [1.807, 2.05) is 0 Å². The van der Waals surface area contributed by atoms with Crippen molar-refractivity contribution < 1.29 is 4.79 Å². The largest absolute Gasteiger partial charge is 0.338 e. The molecule has 0 atom stereocenters. The molecule has 1 aromatic carbocycles. The second-order valence-corrected chi connectivity index (χ2v) is 8.48. The Kier molecular flexibility index (Phi) is 9.11. The molecule has 3 rings (SSSR count). The zero-order valence-electron chi connectivity index (χ0n) is 17.3. The Labute approximate surface area is 170 Å². The fraction of sp³-hybridized carbons (Fsp3) is 0.696. The lowest BCUT2D eigenvalue weighted by Gasteiger charge is -2.32. The van der Waals surface area contributed by atoms with Crippen molar-refractivity contribution in [1.82, 2.24) is 20.9 Å². The van der Waals surface area contributed by atoms with E-state index in [4.69, 9.17) is 0 Å². The third-order valence-electron chi connectivity index (χ3n) is 6.18. The molecule has 28 heavy (non-hydrogen) atoms. The first-order chi connectivity index (χ1) is 13.8. The number of nitrogens with one attached hydrogen (secondary N) is 3. The molecule has 0 spiro atoms. The quantitative estimate of drug-likeness (QED) is 0.569. The van der Waals surface area contributed by atoms with E-state index < -0.39 is 0 Å². The second kappa shape index (κ2) is 12.1. The van der Waals surface area contributed by atoms with Crippen molar-refractivity contribution in [3.63, 3.8) is 0 Å². The second-order valence-electron chi connectivity index (χ2n) is 8.48. The monoisotopic (exact) mass is 386 g/mol. The van der Waals surface area contributed by atoms with Crippen molar-refractivity contribution in [2.75, 3.05) is 32.7 Å². The fourth-order valence-electron chi connectivity index (χ4n) is 4.39. The van der Waals surface area contributed by atoms with E-state index in [-0.39, 0.29) is 6.03 Å². The summed E-state index contributed by atoms with van der Waals surface area (Å²) in [5.41, 5.74) is 1.39. The van der Waals surface area contributed by atoms with E-state index in [1.165, 1.54) is 50.5 Å². The lowest BCUT2D eigenvalue weighted by Crippen LogP contribution is -2.42. The molecule has 0 bridgehead atoms. The zero-order chi connectivity index (χ0) is 19.4. The van der Waals surface area contributed by atoms with Crippen LogP contribution in [0.15, 0.2) is 30.3 Å². The minimum Gasteiger partial charge on any atom is -0.338 e. The molecular formula is C23H38N4O. The number of benzene rings is 1. The van der Waals surface area contributed by atoms with Gasteiger partial charge in [0.2, 0.25) is 0 Å². The van der Waals surface area contributed by atoms with Crippen molar-refractivity contribution in [2.45, 2.75) is 64.0 Å². The van der Waals surface area contributed by atoms with Gasteiger partial charge in [-0.2, -0.15) is 0 Å². The van der Waals surface area contributed by atoms with Gasteiger partial charge in [-0.05, 0) is 63.2 Å². The maximum Gasteiger partial charge on any atom is 0.314 e. The van der Waals surface area contributed by atoms with Crippen LogP contribution < -0.4 is 16.0 Å². The maximum atomic E-state index is 12.0. The summed E-state index contributed by atoms with van der Waals surface area (Å²) in [6.07, 6.45) is 10.1. The summed E-state index contributed by atoms with van der Waals surface area (Å²) >= 11 is 0. The number of piperidine rings is 1. The number of hydrogen-bond donors (Lipinski definition) is 3. The molecular weight excluding hydrogens is 348 g/mol. The smallest absolute Gasteiger partial charge is 0.314 e. The highest BCUT2D eigenvalue weighted by Crippen LogP contribution is 2.18. The SMILES string of the molecule is O=C(NCCCNC1CCCCC1)NCC1CCN(Cc2ccccc2)CC1. The Morgan fingerprint density at radius 1 is 0.929 bits per heavy atom. The van der Waals surface area contributed by atoms with Crippen LogP contribution in [0.25, 0.3) is 0 Å². The van der Waals surface area contributed by atoms with E-state index >= 15 is 0 Å². The third-order valence-corrected chi connectivity index (χ3v) is 6.18. The van der Waals surface area contributed by atoms with Crippen LogP contribution in [0.2, 0.25) is 0 Å². The summed E-state index contributed by atoms with van der Waals surface area (Å²) in [6.45, 7) is 5.83. The highest BCUT2D eigenvalue weighted by Gasteiger charge is 2.19. The van der Waals surface area contributed by atoms with Gasteiger partial charge in [0.25, 0.3) is 0 Å². The van der Waals surface area contributed by atoms with Gasteiger partial charge in [0.1, 0.15) is 0 Å². The van der Waals surface area contributed by atoms with Crippen molar-refractivity contribution in [2.24, 2.45) is 5.92 Å². The topological polar surface area (TPSA) is 56.4 Å². The van der Waals surface area contributed by atoms with Gasteiger partial charge >= 0.3 is 6.03 Å². The van der Waals surface area contributed by atoms with Gasteiger partial charge in [0.05, 0.1) is 0 Å². The summed E-state index contributed by atoms with van der Waals surface area (Å²) in [6, 6.07) is 11.4. The summed E-state index contributed by atoms with van der Waals surface area (Å²) in [5, 5.41) is 9.69. The third kappa shape index (κ3) is 7.80. The molecule has 0 aromatic heterocycles. The normalized spacial score (nSPS) is 19.4. The summed E-state index contributed by atoms with van der Waals surface area (Å²) in [7, 11) is 0. The first-order valence-corrected chi connectivity index (χ1v) is 11.3. The van der Waals surface area contributed by atoms with Crippen molar-refractivity contribution >= 4 is 6.03 Å². The molecule has 3 N–H and O–H groups in total. The molecule has 5 heteroatoms. The van der Waals surface area contributed by atoms with Crippen LogP contribution in [-0.4, -0.2) is 49.7 Å². The van der Waals surface area contributed by atoms with Crippen molar-refractivity contribution in [3.05, 3.63) is 35.9 Å². The number of nitrogens with zero attached hydrogens (tertiary/aromatic N) is 1. The van der Waals surface area contributed by atoms with Gasteiger partial charge in [-0.1, -0.05) is 49.6 Å². The van der Waals surface area contributed by atoms with Crippen LogP contribution in [0.5, 0.6) is 0 Å². The Bertz CT molecular complexity index is 551. The minimum absolute atomic E-state index is 0.00983. The highest BCUT2D eigenvalue weighted by molar-refractivity contribution is 5.73. The number of amides is 2. The zero-order valence-corrected chi connectivity index (χ0v) is 17.3. The number of hydrogen-bond acceptors (Lipinski definition) is 3. The van der Waals surface area contributed by atoms with Crippen LogP contribution in [0.3, 0.4) is 0 Å². The number of carbonyl (C=O) groups is 1. The first kappa shape index (κ1) is 21.1. The molecule has 1 saturated carbocycles. The molecule has 1 aliphatic heterocycles. The molecule has 156 valence electrons. The maximum absolute atomic E-state index is 12.0.